The number of nitrogens with one attached hydrogen (secondary N) is 1. The fourth-order valence-corrected chi connectivity index (χ4v) is 5.72. The maximum Gasteiger partial charge on any atom is 0.337 e. The molecule has 0 saturated heterocycles. The zero-order valence-electron chi connectivity index (χ0n) is 21.6. The summed E-state index contributed by atoms with van der Waals surface area (Å²) in [6.45, 7) is 3.68. The van der Waals surface area contributed by atoms with E-state index in [2.05, 4.69) is 5.32 Å². The van der Waals surface area contributed by atoms with Gasteiger partial charge in [0.05, 0.1) is 32.8 Å². The van der Waals surface area contributed by atoms with Crippen molar-refractivity contribution in [3.8, 4) is 11.5 Å². The van der Waals surface area contributed by atoms with Crippen LogP contribution in [0.4, 0.5) is 0 Å². The Morgan fingerprint density at radius 3 is 2.39 bits per heavy atom. The molecule has 1 aromatic rings. The number of methoxy groups -OCH3 is 3. The van der Waals surface area contributed by atoms with E-state index in [1.807, 2.05) is 13.8 Å². The number of benzene rings is 1. The first kappa shape index (κ1) is 25.8. The molecule has 0 unspecified atom stereocenters. The maximum atomic E-state index is 13.9. The number of hydrogen-bond acceptors (Lipinski definition) is 8. The van der Waals surface area contributed by atoms with Gasteiger partial charge in [0.15, 0.2) is 5.78 Å². The second-order valence-electron chi connectivity index (χ2n) is 9.81. The molecule has 2 aliphatic carbocycles. The zero-order chi connectivity index (χ0) is 26.0. The molecule has 8 nitrogen and oxygen atoms in total. The summed E-state index contributed by atoms with van der Waals surface area (Å²) < 4.78 is 22.1. The predicted molar refractivity (Wildman–Crippen MR) is 132 cm³/mol. The van der Waals surface area contributed by atoms with Crippen molar-refractivity contribution in [2.45, 2.75) is 64.4 Å². The lowest BCUT2D eigenvalue weighted by Crippen LogP contribution is -2.43. The van der Waals surface area contributed by atoms with Gasteiger partial charge >= 0.3 is 11.9 Å². The molecule has 4 rings (SSSR count). The van der Waals surface area contributed by atoms with E-state index < -0.39 is 23.8 Å². The van der Waals surface area contributed by atoms with Gasteiger partial charge in [-0.25, -0.2) is 4.79 Å². The third kappa shape index (κ3) is 4.73. The molecule has 194 valence electrons. The van der Waals surface area contributed by atoms with E-state index in [-0.39, 0.29) is 17.8 Å². The number of hydrogen-bond donors (Lipinski definition) is 1. The molecule has 3 aliphatic rings. The predicted octanol–water partition coefficient (Wildman–Crippen LogP) is 4.19. The average molecular weight is 498 g/mol. The molecular formula is C28H35NO7. The van der Waals surface area contributed by atoms with Gasteiger partial charge in [0.2, 0.25) is 0 Å². The van der Waals surface area contributed by atoms with Crippen molar-refractivity contribution < 1.29 is 33.3 Å². The molecule has 1 aromatic carbocycles. The van der Waals surface area contributed by atoms with E-state index in [4.69, 9.17) is 18.9 Å². The molecule has 0 amide bonds. The van der Waals surface area contributed by atoms with Gasteiger partial charge in [0.25, 0.3) is 0 Å². The smallest absolute Gasteiger partial charge is 0.337 e. The molecular weight excluding hydrogens is 462 g/mol. The maximum absolute atomic E-state index is 13.9. The standard InChI is InChI=1S/C28H35NO7/c1-15-13-20-25(26(30)22(15)27(31)35-5)24(19-14-18(33-3)11-12-21(19)34-4)23(16(2)29-20)28(32)36-17-9-7-6-8-10-17/h11-12,14-15,17,22,24,29H,6-10,13H2,1-5H3/t15-,22+,24+/m0/s1. The van der Waals surface area contributed by atoms with Gasteiger partial charge in [-0.3, -0.25) is 9.59 Å². The van der Waals surface area contributed by atoms with Gasteiger partial charge in [-0.05, 0) is 63.1 Å². The Labute approximate surface area is 212 Å². The summed E-state index contributed by atoms with van der Waals surface area (Å²) in [7, 11) is 4.38. The van der Waals surface area contributed by atoms with Crippen molar-refractivity contribution in [2.24, 2.45) is 11.8 Å². The van der Waals surface area contributed by atoms with Crippen LogP contribution in [0.15, 0.2) is 40.7 Å². The Morgan fingerprint density at radius 1 is 1.03 bits per heavy atom. The third-order valence-corrected chi connectivity index (χ3v) is 7.54. The highest BCUT2D eigenvalue weighted by atomic mass is 16.5. The van der Waals surface area contributed by atoms with Crippen LogP contribution in [0.2, 0.25) is 0 Å². The average Bonchev–Trinajstić information content (AvgIpc) is 2.87. The summed E-state index contributed by atoms with van der Waals surface area (Å²) in [6.07, 6.45) is 5.15. The third-order valence-electron chi connectivity index (χ3n) is 7.54. The number of Topliss-reactive ketones (excluding diaryl/α,β-unsaturated/α-hetero) is 1. The van der Waals surface area contributed by atoms with E-state index >= 15 is 0 Å². The fourth-order valence-electron chi connectivity index (χ4n) is 5.72. The minimum Gasteiger partial charge on any atom is -0.497 e. The highest BCUT2D eigenvalue weighted by molar-refractivity contribution is 6.12. The number of allylic oxidation sites excluding steroid dienone is 3. The second-order valence-corrected chi connectivity index (χ2v) is 9.81. The lowest BCUT2D eigenvalue weighted by molar-refractivity contribution is -0.151. The van der Waals surface area contributed by atoms with E-state index in [0.29, 0.717) is 46.0 Å². The van der Waals surface area contributed by atoms with Gasteiger partial charge in [-0.1, -0.05) is 13.3 Å². The van der Waals surface area contributed by atoms with Crippen LogP contribution in [0.3, 0.4) is 0 Å². The highest BCUT2D eigenvalue weighted by Gasteiger charge is 2.48. The van der Waals surface area contributed by atoms with Crippen LogP contribution in [0.25, 0.3) is 0 Å². The van der Waals surface area contributed by atoms with Crippen LogP contribution in [0.5, 0.6) is 11.5 Å². The molecule has 8 heteroatoms. The summed E-state index contributed by atoms with van der Waals surface area (Å²) >= 11 is 0. The number of esters is 2. The number of rotatable bonds is 6. The fraction of sp³-hybridized carbons (Fsp3) is 0.536. The van der Waals surface area contributed by atoms with Crippen molar-refractivity contribution in [1.29, 1.82) is 0 Å². The minimum absolute atomic E-state index is 0.153. The van der Waals surface area contributed by atoms with Crippen LogP contribution < -0.4 is 14.8 Å². The van der Waals surface area contributed by atoms with Gasteiger partial charge in [-0.2, -0.15) is 0 Å². The largest absolute Gasteiger partial charge is 0.497 e. The van der Waals surface area contributed by atoms with Gasteiger partial charge in [0, 0.05) is 22.5 Å². The summed E-state index contributed by atoms with van der Waals surface area (Å²) in [6, 6.07) is 5.29. The second kappa shape index (κ2) is 10.8. The van der Waals surface area contributed by atoms with Crippen LogP contribution in [0, 0.1) is 11.8 Å². The normalized spacial score (nSPS) is 24.6. The van der Waals surface area contributed by atoms with E-state index in [9.17, 15) is 14.4 Å². The Balaban J connectivity index is 1.86. The zero-order valence-corrected chi connectivity index (χ0v) is 21.6. The van der Waals surface area contributed by atoms with E-state index in [0.717, 1.165) is 32.1 Å². The molecule has 0 radical (unpaired) electrons. The van der Waals surface area contributed by atoms with Crippen molar-refractivity contribution >= 4 is 17.7 Å². The number of ether oxygens (including phenoxy) is 4. The van der Waals surface area contributed by atoms with Crippen molar-refractivity contribution in [3.63, 3.8) is 0 Å². The Hall–Kier alpha value is -3.29. The first-order chi connectivity index (χ1) is 17.3. The molecule has 36 heavy (non-hydrogen) atoms. The monoisotopic (exact) mass is 497 g/mol. The Kier molecular flexibility index (Phi) is 7.71. The van der Waals surface area contributed by atoms with Crippen LogP contribution in [0.1, 0.15) is 63.9 Å². The molecule has 0 bridgehead atoms. The molecule has 1 heterocycles. The van der Waals surface area contributed by atoms with Gasteiger partial charge in [0.1, 0.15) is 23.5 Å². The molecule has 0 aromatic heterocycles. The number of dihydropyridines is 1. The lowest BCUT2D eigenvalue weighted by Gasteiger charge is -2.39. The Morgan fingerprint density at radius 2 is 1.75 bits per heavy atom. The van der Waals surface area contributed by atoms with E-state index in [1.165, 1.54) is 7.11 Å². The van der Waals surface area contributed by atoms with Crippen LogP contribution in [-0.2, 0) is 23.9 Å². The molecule has 1 fully saturated rings. The van der Waals surface area contributed by atoms with Crippen molar-refractivity contribution in [1.82, 2.24) is 5.32 Å². The van der Waals surface area contributed by atoms with Crippen molar-refractivity contribution in [3.05, 3.63) is 46.3 Å². The number of carbonyl (C=O) groups is 3. The molecule has 0 spiro atoms. The SMILES string of the molecule is COC(=O)[C@H]1C(=O)C2=C(C[C@@H]1C)NC(C)=C(C(=O)OC1CCCCC1)[C@H]2c1cc(OC)ccc1OC. The minimum atomic E-state index is -0.955. The van der Waals surface area contributed by atoms with Crippen LogP contribution >= 0.6 is 0 Å². The molecule has 1 saturated carbocycles. The number of ketones is 1. The van der Waals surface area contributed by atoms with Gasteiger partial charge < -0.3 is 24.3 Å². The molecule has 3 atom stereocenters. The first-order valence-electron chi connectivity index (χ1n) is 12.6. The van der Waals surface area contributed by atoms with E-state index in [1.54, 1.807) is 32.4 Å². The Bertz CT molecular complexity index is 1110. The first-order valence-corrected chi connectivity index (χ1v) is 12.6. The summed E-state index contributed by atoms with van der Waals surface area (Å²) in [5.74, 6) is -2.32. The lowest BCUT2D eigenvalue weighted by atomic mass is 9.69. The molecule has 1 aliphatic heterocycles. The van der Waals surface area contributed by atoms with Crippen LogP contribution in [-0.4, -0.2) is 45.2 Å². The number of carbonyl (C=O) groups excluding carboxylic acids is 3. The quantitative estimate of drug-likeness (QED) is 0.461. The van der Waals surface area contributed by atoms with Crippen molar-refractivity contribution in [2.75, 3.05) is 21.3 Å². The summed E-state index contributed by atoms with van der Waals surface area (Å²) in [4.78, 5) is 40.3. The highest BCUT2D eigenvalue weighted by Crippen LogP contribution is 2.48. The molecule has 1 N–H and O–H groups in total. The summed E-state index contributed by atoms with van der Waals surface area (Å²) in [5, 5.41) is 3.30. The topological polar surface area (TPSA) is 100 Å². The van der Waals surface area contributed by atoms with Gasteiger partial charge in [-0.15, -0.1) is 0 Å². The summed E-state index contributed by atoms with van der Waals surface area (Å²) in [5.41, 5.74) is 2.65.